The first-order valence-electron chi connectivity index (χ1n) is 8.58. The van der Waals surface area contributed by atoms with Gasteiger partial charge in [0.05, 0.1) is 12.2 Å². The number of rotatable bonds is 6. The van der Waals surface area contributed by atoms with Gasteiger partial charge in [-0.25, -0.2) is 0 Å². The summed E-state index contributed by atoms with van der Waals surface area (Å²) in [6.07, 6.45) is 1.78. The highest BCUT2D eigenvalue weighted by molar-refractivity contribution is 14.0. The number of aliphatic imine (C=N–C) groups is 1. The van der Waals surface area contributed by atoms with E-state index in [2.05, 4.69) is 36.7 Å². The zero-order valence-corrected chi connectivity index (χ0v) is 19.6. The van der Waals surface area contributed by atoms with E-state index >= 15 is 0 Å². The van der Waals surface area contributed by atoms with Crippen LogP contribution in [0, 0.1) is 0 Å². The standard InChI is InChI=1S/C20H22BrN5O.HI/c1-22-20(24-14-17-10-11-25-26(17)2)23-13-15-8-9-16(21)12-19(15)27-18-6-4-3-5-7-18;/h3-12H,13-14H2,1-2H3,(H2,22,23,24);1H. The highest BCUT2D eigenvalue weighted by Crippen LogP contribution is 2.28. The second-order valence-electron chi connectivity index (χ2n) is 5.89. The molecule has 0 fully saturated rings. The van der Waals surface area contributed by atoms with Crippen molar-refractivity contribution in [3.05, 3.63) is 76.5 Å². The van der Waals surface area contributed by atoms with Gasteiger partial charge in [-0.05, 0) is 30.3 Å². The second kappa shape index (κ2) is 11.1. The summed E-state index contributed by atoms with van der Waals surface area (Å²) in [5, 5.41) is 10.8. The molecule has 0 atom stereocenters. The lowest BCUT2D eigenvalue weighted by molar-refractivity contribution is 0.475. The van der Waals surface area contributed by atoms with Gasteiger partial charge in [0, 0.05) is 36.9 Å². The molecule has 1 aromatic heterocycles. The number of nitrogens with one attached hydrogen (secondary N) is 2. The molecule has 0 saturated heterocycles. The molecule has 0 unspecified atom stereocenters. The molecule has 0 radical (unpaired) electrons. The Hall–Kier alpha value is -2.07. The van der Waals surface area contributed by atoms with Gasteiger partial charge in [-0.3, -0.25) is 9.67 Å². The minimum atomic E-state index is 0. The zero-order chi connectivity index (χ0) is 19.1. The van der Waals surface area contributed by atoms with Gasteiger partial charge in [0.2, 0.25) is 0 Å². The largest absolute Gasteiger partial charge is 0.457 e. The maximum absolute atomic E-state index is 6.05. The number of halogens is 2. The third-order valence-corrected chi connectivity index (χ3v) is 4.52. The Morgan fingerprint density at radius 1 is 1.11 bits per heavy atom. The molecule has 6 nitrogen and oxygen atoms in total. The number of aryl methyl sites for hydroxylation is 1. The van der Waals surface area contributed by atoms with Gasteiger partial charge in [-0.1, -0.05) is 40.2 Å². The number of aromatic nitrogens is 2. The van der Waals surface area contributed by atoms with Crippen LogP contribution < -0.4 is 15.4 Å². The number of hydrogen-bond donors (Lipinski definition) is 2. The Morgan fingerprint density at radius 2 is 1.86 bits per heavy atom. The van der Waals surface area contributed by atoms with Gasteiger partial charge in [-0.15, -0.1) is 24.0 Å². The number of para-hydroxylation sites is 1. The number of benzene rings is 2. The highest BCUT2D eigenvalue weighted by Gasteiger charge is 2.08. The summed E-state index contributed by atoms with van der Waals surface area (Å²) in [6.45, 7) is 1.23. The molecule has 0 bridgehead atoms. The van der Waals surface area contributed by atoms with Crippen molar-refractivity contribution in [2.75, 3.05) is 7.05 Å². The number of nitrogens with zero attached hydrogens (tertiary/aromatic N) is 3. The SMILES string of the molecule is CN=C(NCc1ccc(Br)cc1Oc1ccccc1)NCc1ccnn1C.I. The van der Waals surface area contributed by atoms with E-state index in [-0.39, 0.29) is 24.0 Å². The van der Waals surface area contributed by atoms with Gasteiger partial charge in [0.1, 0.15) is 11.5 Å². The van der Waals surface area contributed by atoms with Gasteiger partial charge in [0.25, 0.3) is 0 Å². The van der Waals surface area contributed by atoms with Crippen molar-refractivity contribution in [3.8, 4) is 11.5 Å². The molecule has 2 aromatic carbocycles. The highest BCUT2D eigenvalue weighted by atomic mass is 127. The van der Waals surface area contributed by atoms with Crippen LogP contribution in [0.25, 0.3) is 0 Å². The second-order valence-corrected chi connectivity index (χ2v) is 6.81. The Bertz CT molecular complexity index is 914. The van der Waals surface area contributed by atoms with Crippen LogP contribution in [-0.2, 0) is 20.1 Å². The van der Waals surface area contributed by atoms with Gasteiger partial charge < -0.3 is 15.4 Å². The van der Waals surface area contributed by atoms with E-state index in [0.29, 0.717) is 19.0 Å². The summed E-state index contributed by atoms with van der Waals surface area (Å²) in [5.74, 6) is 2.31. The molecule has 28 heavy (non-hydrogen) atoms. The molecule has 2 N–H and O–H groups in total. The van der Waals surface area contributed by atoms with E-state index in [4.69, 9.17) is 4.74 Å². The third-order valence-electron chi connectivity index (χ3n) is 4.03. The average molecular weight is 556 g/mol. The monoisotopic (exact) mass is 555 g/mol. The van der Waals surface area contributed by atoms with Crippen molar-refractivity contribution in [1.29, 1.82) is 0 Å². The van der Waals surface area contributed by atoms with Gasteiger partial charge in [0.15, 0.2) is 5.96 Å². The zero-order valence-electron chi connectivity index (χ0n) is 15.7. The quantitative estimate of drug-likeness (QED) is 0.268. The molecule has 1 heterocycles. The Balaban J connectivity index is 0.00000280. The topological polar surface area (TPSA) is 63.5 Å². The molecule has 8 heteroatoms. The Kier molecular flexibility index (Phi) is 8.78. The van der Waals surface area contributed by atoms with Crippen LogP contribution in [0.2, 0.25) is 0 Å². The number of hydrogen-bond acceptors (Lipinski definition) is 3. The minimum absolute atomic E-state index is 0. The summed E-state index contributed by atoms with van der Waals surface area (Å²) < 4.78 is 8.85. The Labute approximate surface area is 190 Å². The molecule has 148 valence electrons. The van der Waals surface area contributed by atoms with Crippen LogP contribution in [0.4, 0.5) is 0 Å². The summed E-state index contributed by atoms with van der Waals surface area (Å²) in [6, 6.07) is 17.7. The van der Waals surface area contributed by atoms with Crippen LogP contribution in [0.3, 0.4) is 0 Å². The molecule has 0 amide bonds. The predicted octanol–water partition coefficient (Wildman–Crippen LogP) is 4.46. The lowest BCUT2D eigenvalue weighted by Crippen LogP contribution is -2.36. The Morgan fingerprint density at radius 3 is 2.54 bits per heavy atom. The van der Waals surface area contributed by atoms with Crippen molar-refractivity contribution >= 4 is 45.9 Å². The molecule has 0 spiro atoms. The first-order chi connectivity index (χ1) is 13.2. The van der Waals surface area contributed by atoms with Gasteiger partial charge >= 0.3 is 0 Å². The smallest absolute Gasteiger partial charge is 0.191 e. The maximum Gasteiger partial charge on any atom is 0.191 e. The van der Waals surface area contributed by atoms with Crippen LogP contribution in [-0.4, -0.2) is 22.8 Å². The summed E-state index contributed by atoms with van der Waals surface area (Å²) in [4.78, 5) is 4.28. The van der Waals surface area contributed by atoms with E-state index in [1.165, 1.54) is 0 Å². The fraction of sp³-hybridized carbons (Fsp3) is 0.200. The van der Waals surface area contributed by atoms with Crippen molar-refractivity contribution in [3.63, 3.8) is 0 Å². The number of guanidine groups is 1. The first-order valence-corrected chi connectivity index (χ1v) is 9.38. The van der Waals surface area contributed by atoms with Crippen LogP contribution in [0.5, 0.6) is 11.5 Å². The first kappa shape index (κ1) is 22.2. The molecule has 0 aliphatic carbocycles. The minimum Gasteiger partial charge on any atom is -0.457 e. The van der Waals surface area contributed by atoms with Crippen LogP contribution >= 0.6 is 39.9 Å². The van der Waals surface area contributed by atoms with E-state index in [1.54, 1.807) is 13.2 Å². The van der Waals surface area contributed by atoms with Crippen molar-refractivity contribution in [1.82, 2.24) is 20.4 Å². The molecule has 3 aromatic rings. The molecule has 0 aliphatic heterocycles. The fourth-order valence-corrected chi connectivity index (χ4v) is 2.87. The molecule has 0 aliphatic rings. The molecular formula is C20H23BrIN5O. The normalized spacial score (nSPS) is 10.9. The van der Waals surface area contributed by atoms with Crippen LogP contribution in [0.15, 0.2) is 70.3 Å². The lowest BCUT2D eigenvalue weighted by Gasteiger charge is -2.15. The third kappa shape index (κ3) is 6.23. The van der Waals surface area contributed by atoms with Gasteiger partial charge in [-0.2, -0.15) is 5.10 Å². The molecule has 0 saturated carbocycles. The lowest BCUT2D eigenvalue weighted by atomic mass is 10.2. The molecular weight excluding hydrogens is 533 g/mol. The van der Waals surface area contributed by atoms with Crippen molar-refractivity contribution in [2.24, 2.45) is 12.0 Å². The van der Waals surface area contributed by atoms with Crippen molar-refractivity contribution in [2.45, 2.75) is 13.1 Å². The molecule has 3 rings (SSSR count). The van der Waals surface area contributed by atoms with Crippen LogP contribution in [0.1, 0.15) is 11.3 Å². The number of ether oxygens (including phenoxy) is 1. The predicted molar refractivity (Wildman–Crippen MR) is 126 cm³/mol. The van der Waals surface area contributed by atoms with E-state index in [1.807, 2.05) is 66.3 Å². The maximum atomic E-state index is 6.05. The fourth-order valence-electron chi connectivity index (χ4n) is 2.53. The summed E-state index contributed by atoms with van der Waals surface area (Å²) in [5.41, 5.74) is 2.11. The summed E-state index contributed by atoms with van der Waals surface area (Å²) in [7, 11) is 3.67. The summed E-state index contributed by atoms with van der Waals surface area (Å²) >= 11 is 3.51. The van der Waals surface area contributed by atoms with E-state index in [0.717, 1.165) is 27.2 Å². The van der Waals surface area contributed by atoms with E-state index in [9.17, 15) is 0 Å². The van der Waals surface area contributed by atoms with E-state index < -0.39 is 0 Å². The van der Waals surface area contributed by atoms with Crippen molar-refractivity contribution < 1.29 is 4.74 Å². The average Bonchev–Trinajstić information content (AvgIpc) is 3.09.